The lowest BCUT2D eigenvalue weighted by Gasteiger charge is -2.41. The molecule has 3 aliphatic rings. The maximum atomic E-state index is 12.5. The van der Waals surface area contributed by atoms with Gasteiger partial charge < -0.3 is 15.1 Å². The molecule has 118 valence electrons. The smallest absolute Gasteiger partial charge is 0.320 e. The molecule has 1 N–H and O–H groups in total. The van der Waals surface area contributed by atoms with Gasteiger partial charge in [0.15, 0.2) is 0 Å². The number of hydrogen-bond donors (Lipinski definition) is 1. The first-order valence-electron chi connectivity index (χ1n) is 8.18. The Balaban J connectivity index is 1.46. The molecule has 2 aliphatic heterocycles. The minimum atomic E-state index is -0.0163. The van der Waals surface area contributed by atoms with E-state index in [9.17, 15) is 9.59 Å². The van der Waals surface area contributed by atoms with Gasteiger partial charge in [-0.2, -0.15) is 0 Å². The van der Waals surface area contributed by atoms with Gasteiger partial charge in [-0.15, -0.1) is 0 Å². The molecule has 3 fully saturated rings. The molecule has 0 unspecified atom stereocenters. The average molecular weight is 294 g/mol. The minimum absolute atomic E-state index is 0.0163. The van der Waals surface area contributed by atoms with Crippen LogP contribution in [0.5, 0.6) is 0 Å². The molecule has 0 atom stereocenters. The number of nitrogens with zero attached hydrogens (tertiary/aromatic N) is 3. The summed E-state index contributed by atoms with van der Waals surface area (Å²) in [5, 5.41) is 2.65. The van der Waals surface area contributed by atoms with E-state index in [0.29, 0.717) is 13.1 Å². The largest absolute Gasteiger partial charge is 0.359 e. The Kier molecular flexibility index (Phi) is 4.33. The van der Waals surface area contributed by atoms with Crippen LogP contribution in [0.15, 0.2) is 0 Å². The van der Waals surface area contributed by atoms with Crippen LogP contribution < -0.4 is 5.32 Å². The molecule has 1 saturated carbocycles. The molecule has 1 aliphatic carbocycles. The molecule has 0 aromatic rings. The first kappa shape index (κ1) is 14.6. The molecule has 0 aromatic heterocycles. The number of likely N-dealkylation sites (tertiary alicyclic amines) is 1. The van der Waals surface area contributed by atoms with Gasteiger partial charge in [0.05, 0.1) is 5.92 Å². The number of urea groups is 1. The molecule has 3 rings (SSSR count). The van der Waals surface area contributed by atoms with E-state index in [4.69, 9.17) is 0 Å². The Labute approximate surface area is 126 Å². The predicted octanol–water partition coefficient (Wildman–Crippen LogP) is 0.344. The van der Waals surface area contributed by atoms with Gasteiger partial charge in [-0.3, -0.25) is 9.69 Å². The number of nitrogens with one attached hydrogen (secondary N) is 1. The Hall–Kier alpha value is -1.30. The molecule has 3 amide bonds. The van der Waals surface area contributed by atoms with Crippen molar-refractivity contribution in [2.24, 2.45) is 5.92 Å². The van der Waals surface area contributed by atoms with Crippen LogP contribution in [0.25, 0.3) is 0 Å². The third-order valence-corrected chi connectivity index (χ3v) is 5.16. The van der Waals surface area contributed by atoms with Crippen molar-refractivity contribution < 1.29 is 9.59 Å². The fraction of sp³-hybridized carbons (Fsp3) is 0.867. The molecule has 2 heterocycles. The Morgan fingerprint density at radius 1 is 0.952 bits per heavy atom. The van der Waals surface area contributed by atoms with Crippen molar-refractivity contribution in [2.75, 3.05) is 46.3 Å². The highest BCUT2D eigenvalue weighted by molar-refractivity contribution is 5.83. The van der Waals surface area contributed by atoms with Gasteiger partial charge in [-0.1, -0.05) is 6.42 Å². The molecule has 0 bridgehead atoms. The Bertz CT molecular complexity index is 404. The maximum absolute atomic E-state index is 12.5. The second kappa shape index (κ2) is 6.22. The fourth-order valence-electron chi connectivity index (χ4n) is 3.45. The molecular formula is C15H26N4O2. The predicted molar refractivity (Wildman–Crippen MR) is 79.9 cm³/mol. The summed E-state index contributed by atoms with van der Waals surface area (Å²) in [5.41, 5.74) is 0. The summed E-state index contributed by atoms with van der Waals surface area (Å²) in [6, 6.07) is 0.882. The normalized spacial score (nSPS) is 25.0. The van der Waals surface area contributed by atoms with Crippen LogP contribution in [0.3, 0.4) is 0 Å². The minimum Gasteiger partial charge on any atom is -0.359 e. The summed E-state index contributed by atoms with van der Waals surface area (Å²) in [5.74, 6) is 0.0310. The summed E-state index contributed by atoms with van der Waals surface area (Å²) in [6.45, 7) is 4.95. The molecule has 6 nitrogen and oxygen atoms in total. The van der Waals surface area contributed by atoms with E-state index in [-0.39, 0.29) is 17.9 Å². The lowest BCUT2D eigenvalue weighted by molar-refractivity contribution is -0.128. The summed E-state index contributed by atoms with van der Waals surface area (Å²) in [6.07, 6.45) is 5.08. The topological polar surface area (TPSA) is 55.9 Å². The summed E-state index contributed by atoms with van der Waals surface area (Å²) >= 11 is 0. The third-order valence-electron chi connectivity index (χ3n) is 5.16. The number of rotatable bonds is 2. The summed E-state index contributed by atoms with van der Waals surface area (Å²) in [7, 11) is 1.65. The zero-order chi connectivity index (χ0) is 14.8. The van der Waals surface area contributed by atoms with E-state index in [1.807, 2.05) is 4.90 Å². The van der Waals surface area contributed by atoms with Crippen molar-refractivity contribution in [1.29, 1.82) is 0 Å². The van der Waals surface area contributed by atoms with Crippen molar-refractivity contribution in [3.05, 3.63) is 0 Å². The highest BCUT2D eigenvalue weighted by atomic mass is 16.2. The molecule has 21 heavy (non-hydrogen) atoms. The monoisotopic (exact) mass is 294 g/mol. The van der Waals surface area contributed by atoms with E-state index in [2.05, 4.69) is 10.2 Å². The fourth-order valence-corrected chi connectivity index (χ4v) is 3.45. The summed E-state index contributed by atoms with van der Waals surface area (Å²) < 4.78 is 0. The second-order valence-electron chi connectivity index (χ2n) is 6.46. The molecular weight excluding hydrogens is 268 g/mol. The number of carbonyl (C=O) groups excluding carboxylic acids is 2. The van der Waals surface area contributed by atoms with Crippen LogP contribution in [-0.4, -0.2) is 79.0 Å². The van der Waals surface area contributed by atoms with Crippen LogP contribution in [0.2, 0.25) is 0 Å². The van der Waals surface area contributed by atoms with Crippen LogP contribution in [-0.2, 0) is 4.79 Å². The van der Waals surface area contributed by atoms with Crippen molar-refractivity contribution in [3.63, 3.8) is 0 Å². The van der Waals surface area contributed by atoms with Crippen molar-refractivity contribution in [1.82, 2.24) is 20.0 Å². The van der Waals surface area contributed by atoms with Crippen LogP contribution in [0.1, 0.15) is 25.7 Å². The quantitative estimate of drug-likeness (QED) is 0.799. The maximum Gasteiger partial charge on any atom is 0.320 e. The van der Waals surface area contributed by atoms with E-state index in [1.165, 1.54) is 19.3 Å². The number of carbonyl (C=O) groups is 2. The van der Waals surface area contributed by atoms with Gasteiger partial charge in [0, 0.05) is 52.4 Å². The van der Waals surface area contributed by atoms with E-state index in [1.54, 1.807) is 11.9 Å². The van der Waals surface area contributed by atoms with Crippen LogP contribution in [0.4, 0.5) is 4.79 Å². The average Bonchev–Trinajstić information content (AvgIpc) is 2.60. The van der Waals surface area contributed by atoms with Crippen molar-refractivity contribution >= 4 is 11.9 Å². The van der Waals surface area contributed by atoms with Crippen LogP contribution in [0, 0.1) is 5.92 Å². The van der Waals surface area contributed by atoms with E-state index >= 15 is 0 Å². The third kappa shape index (κ3) is 3.00. The van der Waals surface area contributed by atoms with Gasteiger partial charge in [0.1, 0.15) is 0 Å². The molecule has 0 radical (unpaired) electrons. The SMILES string of the molecule is CNC(=O)C1CN(C(=O)N2CCCN(C3CCC3)CC2)C1. The first-order chi connectivity index (χ1) is 10.2. The highest BCUT2D eigenvalue weighted by Crippen LogP contribution is 2.26. The lowest BCUT2D eigenvalue weighted by atomic mass is 9.91. The van der Waals surface area contributed by atoms with E-state index in [0.717, 1.165) is 38.6 Å². The molecule has 6 heteroatoms. The first-order valence-corrected chi connectivity index (χ1v) is 8.18. The summed E-state index contributed by atoms with van der Waals surface area (Å²) in [4.78, 5) is 30.3. The number of hydrogen-bond acceptors (Lipinski definition) is 3. The Morgan fingerprint density at radius 2 is 1.71 bits per heavy atom. The van der Waals surface area contributed by atoms with Gasteiger partial charge in [-0.25, -0.2) is 4.79 Å². The number of amides is 3. The van der Waals surface area contributed by atoms with Crippen molar-refractivity contribution in [3.8, 4) is 0 Å². The molecule has 0 aromatic carbocycles. The second-order valence-corrected chi connectivity index (χ2v) is 6.46. The van der Waals surface area contributed by atoms with Gasteiger partial charge in [0.2, 0.25) is 5.91 Å². The highest BCUT2D eigenvalue weighted by Gasteiger charge is 2.37. The van der Waals surface area contributed by atoms with E-state index < -0.39 is 0 Å². The lowest BCUT2D eigenvalue weighted by Crippen LogP contribution is -2.59. The van der Waals surface area contributed by atoms with Crippen molar-refractivity contribution in [2.45, 2.75) is 31.7 Å². The van der Waals surface area contributed by atoms with Gasteiger partial charge in [0.25, 0.3) is 0 Å². The zero-order valence-corrected chi connectivity index (χ0v) is 12.9. The Morgan fingerprint density at radius 3 is 2.33 bits per heavy atom. The van der Waals surface area contributed by atoms with Gasteiger partial charge >= 0.3 is 6.03 Å². The molecule has 0 spiro atoms. The standard InChI is InChI=1S/C15H26N4O2/c1-16-14(20)12-10-19(11-12)15(21)18-7-3-6-17(8-9-18)13-4-2-5-13/h12-13H,2-11H2,1H3,(H,16,20). The molecule has 2 saturated heterocycles. The zero-order valence-electron chi connectivity index (χ0n) is 12.9. The van der Waals surface area contributed by atoms with Gasteiger partial charge in [-0.05, 0) is 19.3 Å². The van der Waals surface area contributed by atoms with Crippen LogP contribution >= 0.6 is 0 Å².